The highest BCUT2D eigenvalue weighted by Gasteiger charge is 2.33. The Hall–Kier alpha value is -0.120. The van der Waals surface area contributed by atoms with Gasteiger partial charge in [0.25, 0.3) is 0 Å². The molecule has 2 aliphatic heterocycles. The molecule has 3 nitrogen and oxygen atoms in total. The maximum Gasteiger partial charge on any atom is 0.0687 e. The van der Waals surface area contributed by atoms with Crippen LogP contribution in [-0.2, 0) is 0 Å². The summed E-state index contributed by atoms with van der Waals surface area (Å²) in [4.78, 5) is 2.56. The summed E-state index contributed by atoms with van der Waals surface area (Å²) < 4.78 is 0. The van der Waals surface area contributed by atoms with E-state index >= 15 is 0 Å². The fourth-order valence-corrected chi connectivity index (χ4v) is 2.73. The zero-order valence-electron chi connectivity index (χ0n) is 9.95. The zero-order valence-corrected chi connectivity index (χ0v) is 9.95. The number of fused-ring (bicyclic) bond motifs is 2. The number of hydrogen-bond acceptors (Lipinski definition) is 3. The molecule has 0 aromatic rings. The molecule has 4 atom stereocenters. The van der Waals surface area contributed by atoms with E-state index in [2.05, 4.69) is 24.1 Å². The first-order chi connectivity index (χ1) is 7.16. The fraction of sp³-hybridized carbons (Fsp3) is 1.00. The smallest absolute Gasteiger partial charge is 0.0687 e. The standard InChI is InChI=1S/C12H24N2O/c1-9(2)12(15)7-13-11-4-6-14-5-3-10(11)8-14/h9-13,15H,3-8H2,1-2H3. The van der Waals surface area contributed by atoms with Crippen molar-refractivity contribution in [1.29, 1.82) is 0 Å². The lowest BCUT2D eigenvalue weighted by Crippen LogP contribution is -2.46. The molecule has 0 radical (unpaired) electrons. The molecule has 4 unspecified atom stereocenters. The molecule has 2 fully saturated rings. The van der Waals surface area contributed by atoms with Gasteiger partial charge in [-0.05, 0) is 37.8 Å². The number of nitrogens with one attached hydrogen (secondary N) is 1. The minimum absolute atomic E-state index is 0.190. The third-order valence-corrected chi connectivity index (χ3v) is 3.99. The van der Waals surface area contributed by atoms with Crippen LogP contribution in [0.1, 0.15) is 26.7 Å². The maximum atomic E-state index is 9.75. The molecule has 2 aliphatic rings. The highest BCUT2D eigenvalue weighted by molar-refractivity contribution is 4.91. The number of rotatable bonds is 4. The summed E-state index contributed by atoms with van der Waals surface area (Å²) in [6, 6.07) is 0.650. The molecule has 0 amide bonds. The van der Waals surface area contributed by atoms with E-state index < -0.39 is 0 Å². The first-order valence-electron chi connectivity index (χ1n) is 6.30. The minimum Gasteiger partial charge on any atom is -0.392 e. The Morgan fingerprint density at radius 1 is 1.33 bits per heavy atom. The van der Waals surface area contributed by atoms with E-state index in [1.165, 1.54) is 32.5 Å². The van der Waals surface area contributed by atoms with Gasteiger partial charge in [-0.1, -0.05) is 13.8 Å². The Morgan fingerprint density at radius 3 is 2.80 bits per heavy atom. The van der Waals surface area contributed by atoms with Gasteiger partial charge in [-0.3, -0.25) is 0 Å². The molecule has 2 saturated heterocycles. The molecule has 2 N–H and O–H groups in total. The highest BCUT2D eigenvalue weighted by atomic mass is 16.3. The van der Waals surface area contributed by atoms with Crippen molar-refractivity contribution in [2.75, 3.05) is 26.2 Å². The van der Waals surface area contributed by atoms with Gasteiger partial charge in [0.2, 0.25) is 0 Å². The minimum atomic E-state index is -0.190. The molecule has 0 spiro atoms. The summed E-state index contributed by atoms with van der Waals surface area (Å²) in [6.45, 7) is 8.71. The predicted octanol–water partition coefficient (Wildman–Crippen LogP) is 0.687. The van der Waals surface area contributed by atoms with Crippen LogP contribution in [0.25, 0.3) is 0 Å². The van der Waals surface area contributed by atoms with Crippen molar-refractivity contribution in [3.05, 3.63) is 0 Å². The highest BCUT2D eigenvalue weighted by Crippen LogP contribution is 2.26. The number of hydrogen-bond donors (Lipinski definition) is 2. The maximum absolute atomic E-state index is 9.75. The first kappa shape index (κ1) is 11.4. The molecule has 88 valence electrons. The van der Waals surface area contributed by atoms with E-state index in [4.69, 9.17) is 0 Å². The lowest BCUT2D eigenvalue weighted by molar-refractivity contribution is 0.111. The van der Waals surface area contributed by atoms with Crippen molar-refractivity contribution < 1.29 is 5.11 Å². The van der Waals surface area contributed by atoms with Gasteiger partial charge in [0.15, 0.2) is 0 Å². The lowest BCUT2D eigenvalue weighted by Gasteiger charge is -2.32. The third-order valence-electron chi connectivity index (χ3n) is 3.99. The van der Waals surface area contributed by atoms with Crippen LogP contribution in [0.15, 0.2) is 0 Å². The summed E-state index contributed by atoms with van der Waals surface area (Å²) in [5.74, 6) is 1.19. The van der Waals surface area contributed by atoms with Crippen molar-refractivity contribution in [3.8, 4) is 0 Å². The molecule has 0 aromatic heterocycles. The van der Waals surface area contributed by atoms with Crippen LogP contribution >= 0.6 is 0 Å². The van der Waals surface area contributed by atoms with Gasteiger partial charge in [-0.2, -0.15) is 0 Å². The summed E-state index contributed by atoms with van der Waals surface area (Å²) in [5, 5.41) is 13.3. The van der Waals surface area contributed by atoms with Crippen LogP contribution in [-0.4, -0.2) is 48.3 Å². The lowest BCUT2D eigenvalue weighted by atomic mass is 9.93. The number of piperidine rings is 1. The average molecular weight is 212 g/mol. The average Bonchev–Trinajstić information content (AvgIpc) is 2.59. The Balaban J connectivity index is 1.75. The summed E-state index contributed by atoms with van der Waals surface area (Å²) in [5.41, 5.74) is 0. The van der Waals surface area contributed by atoms with E-state index in [0.717, 1.165) is 12.5 Å². The van der Waals surface area contributed by atoms with Gasteiger partial charge in [0.1, 0.15) is 0 Å². The van der Waals surface area contributed by atoms with Gasteiger partial charge in [0.05, 0.1) is 6.10 Å². The summed E-state index contributed by atoms with van der Waals surface area (Å²) >= 11 is 0. The normalized spacial score (nSPS) is 37.2. The van der Waals surface area contributed by atoms with Gasteiger partial charge in [-0.25, -0.2) is 0 Å². The van der Waals surface area contributed by atoms with Gasteiger partial charge in [0, 0.05) is 19.1 Å². The second-order valence-electron chi connectivity index (χ2n) is 5.46. The fourth-order valence-electron chi connectivity index (χ4n) is 2.73. The van der Waals surface area contributed by atoms with Gasteiger partial charge >= 0.3 is 0 Å². The first-order valence-corrected chi connectivity index (χ1v) is 6.30. The Bertz CT molecular complexity index is 208. The zero-order chi connectivity index (χ0) is 10.8. The Labute approximate surface area is 92.8 Å². The molecular formula is C12H24N2O. The van der Waals surface area contributed by atoms with Crippen molar-refractivity contribution in [3.63, 3.8) is 0 Å². The second kappa shape index (κ2) is 4.81. The number of nitrogens with zero attached hydrogens (tertiary/aromatic N) is 1. The topological polar surface area (TPSA) is 35.5 Å². The van der Waals surface area contributed by atoms with Gasteiger partial charge in [-0.15, -0.1) is 0 Å². The monoisotopic (exact) mass is 212 g/mol. The van der Waals surface area contributed by atoms with Crippen LogP contribution in [0.4, 0.5) is 0 Å². The number of aliphatic hydroxyl groups excluding tert-OH is 1. The molecule has 0 aliphatic carbocycles. The molecule has 2 heterocycles. The van der Waals surface area contributed by atoms with Crippen LogP contribution in [0.2, 0.25) is 0 Å². The van der Waals surface area contributed by atoms with E-state index in [0.29, 0.717) is 12.0 Å². The van der Waals surface area contributed by atoms with Crippen LogP contribution in [0.3, 0.4) is 0 Å². The van der Waals surface area contributed by atoms with Gasteiger partial charge < -0.3 is 15.3 Å². The molecule has 2 rings (SSSR count). The largest absolute Gasteiger partial charge is 0.392 e. The third kappa shape index (κ3) is 2.71. The quantitative estimate of drug-likeness (QED) is 0.719. The van der Waals surface area contributed by atoms with Crippen molar-refractivity contribution in [2.24, 2.45) is 11.8 Å². The van der Waals surface area contributed by atoms with Crippen LogP contribution in [0.5, 0.6) is 0 Å². The van der Waals surface area contributed by atoms with Crippen LogP contribution < -0.4 is 5.32 Å². The summed E-state index contributed by atoms with van der Waals surface area (Å²) in [6.07, 6.45) is 2.41. The molecule has 0 saturated carbocycles. The molecule has 0 aromatic carbocycles. The Morgan fingerprint density at radius 2 is 2.07 bits per heavy atom. The molecule has 2 bridgehead atoms. The van der Waals surface area contributed by atoms with E-state index in [9.17, 15) is 5.11 Å². The summed E-state index contributed by atoms with van der Waals surface area (Å²) in [7, 11) is 0. The molecule has 3 heteroatoms. The number of aliphatic hydroxyl groups is 1. The van der Waals surface area contributed by atoms with Crippen LogP contribution in [0, 0.1) is 11.8 Å². The molecule has 15 heavy (non-hydrogen) atoms. The van der Waals surface area contributed by atoms with Crippen molar-refractivity contribution >= 4 is 0 Å². The van der Waals surface area contributed by atoms with E-state index in [1.807, 2.05) is 0 Å². The Kier molecular flexibility index (Phi) is 3.65. The van der Waals surface area contributed by atoms with E-state index in [-0.39, 0.29) is 6.10 Å². The molecular weight excluding hydrogens is 188 g/mol. The second-order valence-corrected chi connectivity index (χ2v) is 5.46. The predicted molar refractivity (Wildman–Crippen MR) is 61.8 cm³/mol. The van der Waals surface area contributed by atoms with E-state index in [1.54, 1.807) is 0 Å². The SMILES string of the molecule is CC(C)C(O)CNC1CCN2CCC1C2. The van der Waals surface area contributed by atoms with Crippen molar-refractivity contribution in [2.45, 2.75) is 38.8 Å². The van der Waals surface area contributed by atoms with Crippen molar-refractivity contribution in [1.82, 2.24) is 10.2 Å².